The van der Waals surface area contributed by atoms with E-state index in [9.17, 15) is 9.59 Å². The molecule has 0 saturated carbocycles. The summed E-state index contributed by atoms with van der Waals surface area (Å²) in [7, 11) is 0. The van der Waals surface area contributed by atoms with Crippen LogP contribution in [0.1, 0.15) is 18.4 Å². The average Bonchev–Trinajstić information content (AvgIpc) is 2.86. The van der Waals surface area contributed by atoms with Gasteiger partial charge in [-0.3, -0.25) is 4.79 Å². The predicted molar refractivity (Wildman–Crippen MR) is 67.5 cm³/mol. The van der Waals surface area contributed by atoms with Crippen LogP contribution < -0.4 is 4.74 Å². The van der Waals surface area contributed by atoms with Crippen LogP contribution in [-0.4, -0.2) is 36.3 Å². The Morgan fingerprint density at radius 3 is 2.83 bits per heavy atom. The molecule has 1 aromatic rings. The largest absolute Gasteiger partial charge is 0.484 e. The standard InChI is InChI=1S/C14H17NO3/c1-11-4-6-13(7-5-11)18-10-14(17)15-8-2-3-12(15)9-16/h4-7,9,12H,2-3,8,10H2,1H3. The summed E-state index contributed by atoms with van der Waals surface area (Å²) < 4.78 is 5.42. The lowest BCUT2D eigenvalue weighted by Crippen LogP contribution is -2.39. The van der Waals surface area contributed by atoms with Crippen molar-refractivity contribution in [1.82, 2.24) is 4.90 Å². The maximum Gasteiger partial charge on any atom is 0.261 e. The van der Waals surface area contributed by atoms with E-state index in [1.807, 2.05) is 31.2 Å². The number of rotatable bonds is 4. The molecule has 0 radical (unpaired) electrons. The monoisotopic (exact) mass is 247 g/mol. The zero-order valence-corrected chi connectivity index (χ0v) is 10.5. The van der Waals surface area contributed by atoms with Gasteiger partial charge in [-0.05, 0) is 31.9 Å². The fourth-order valence-corrected chi connectivity index (χ4v) is 2.11. The minimum Gasteiger partial charge on any atom is -0.484 e. The Morgan fingerprint density at radius 2 is 2.17 bits per heavy atom. The molecular formula is C14H17NO3. The smallest absolute Gasteiger partial charge is 0.261 e. The number of carbonyl (C=O) groups is 2. The van der Waals surface area contributed by atoms with E-state index < -0.39 is 0 Å². The quantitative estimate of drug-likeness (QED) is 0.759. The van der Waals surface area contributed by atoms with E-state index in [1.165, 1.54) is 0 Å². The SMILES string of the molecule is Cc1ccc(OCC(=O)N2CCCC2C=O)cc1. The number of aldehydes is 1. The summed E-state index contributed by atoms with van der Waals surface area (Å²) >= 11 is 0. The molecule has 2 rings (SSSR count). The van der Waals surface area contributed by atoms with E-state index in [1.54, 1.807) is 4.90 Å². The first-order valence-corrected chi connectivity index (χ1v) is 6.15. The summed E-state index contributed by atoms with van der Waals surface area (Å²) in [4.78, 5) is 24.3. The molecule has 0 spiro atoms. The van der Waals surface area contributed by atoms with Gasteiger partial charge in [-0.15, -0.1) is 0 Å². The first kappa shape index (κ1) is 12.6. The van der Waals surface area contributed by atoms with Crippen molar-refractivity contribution in [3.05, 3.63) is 29.8 Å². The number of hydrogen-bond acceptors (Lipinski definition) is 3. The Bertz CT molecular complexity index is 427. The Labute approximate surface area is 107 Å². The first-order valence-electron chi connectivity index (χ1n) is 6.15. The second-order valence-corrected chi connectivity index (χ2v) is 4.53. The van der Waals surface area contributed by atoms with Crippen molar-refractivity contribution in [2.75, 3.05) is 13.2 Å². The fourth-order valence-electron chi connectivity index (χ4n) is 2.11. The van der Waals surface area contributed by atoms with Crippen molar-refractivity contribution in [1.29, 1.82) is 0 Å². The molecule has 1 saturated heterocycles. The molecule has 0 N–H and O–H groups in total. The number of likely N-dealkylation sites (tertiary alicyclic amines) is 1. The van der Waals surface area contributed by atoms with Gasteiger partial charge in [-0.1, -0.05) is 17.7 Å². The molecule has 0 aliphatic carbocycles. The maximum atomic E-state index is 11.9. The van der Waals surface area contributed by atoms with Gasteiger partial charge in [0.25, 0.3) is 5.91 Å². The van der Waals surface area contributed by atoms with Gasteiger partial charge in [0.05, 0.1) is 6.04 Å². The van der Waals surface area contributed by atoms with E-state index in [4.69, 9.17) is 4.74 Å². The van der Waals surface area contributed by atoms with Crippen molar-refractivity contribution >= 4 is 12.2 Å². The summed E-state index contributed by atoms with van der Waals surface area (Å²) in [5, 5.41) is 0. The Kier molecular flexibility index (Phi) is 3.97. The van der Waals surface area contributed by atoms with Crippen LogP contribution in [0.5, 0.6) is 5.75 Å². The van der Waals surface area contributed by atoms with Crippen LogP contribution in [-0.2, 0) is 9.59 Å². The van der Waals surface area contributed by atoms with Gasteiger partial charge in [0.15, 0.2) is 6.61 Å². The molecule has 4 nitrogen and oxygen atoms in total. The van der Waals surface area contributed by atoms with Gasteiger partial charge >= 0.3 is 0 Å². The van der Waals surface area contributed by atoms with Gasteiger partial charge in [0.2, 0.25) is 0 Å². The normalized spacial score (nSPS) is 18.7. The topological polar surface area (TPSA) is 46.6 Å². The number of benzene rings is 1. The molecule has 1 atom stereocenters. The van der Waals surface area contributed by atoms with E-state index in [2.05, 4.69) is 0 Å². The molecule has 18 heavy (non-hydrogen) atoms. The fraction of sp³-hybridized carbons (Fsp3) is 0.429. The molecule has 1 aliphatic heterocycles. The number of amides is 1. The highest BCUT2D eigenvalue weighted by atomic mass is 16.5. The molecule has 0 bridgehead atoms. The average molecular weight is 247 g/mol. The van der Waals surface area contributed by atoms with Gasteiger partial charge in [-0.25, -0.2) is 0 Å². The Morgan fingerprint density at radius 1 is 1.44 bits per heavy atom. The van der Waals surface area contributed by atoms with E-state index >= 15 is 0 Å². The molecule has 1 aromatic carbocycles. The third-order valence-electron chi connectivity index (χ3n) is 3.16. The van der Waals surface area contributed by atoms with Crippen LogP contribution in [0.2, 0.25) is 0 Å². The van der Waals surface area contributed by atoms with Crippen molar-refractivity contribution in [3.8, 4) is 5.75 Å². The number of aryl methyl sites for hydroxylation is 1. The number of hydrogen-bond donors (Lipinski definition) is 0. The van der Waals surface area contributed by atoms with Crippen LogP contribution in [0.4, 0.5) is 0 Å². The molecule has 1 heterocycles. The van der Waals surface area contributed by atoms with E-state index in [0.29, 0.717) is 12.3 Å². The number of nitrogens with zero attached hydrogens (tertiary/aromatic N) is 1. The summed E-state index contributed by atoms with van der Waals surface area (Å²) in [6, 6.07) is 7.28. The number of ether oxygens (including phenoxy) is 1. The minimum absolute atomic E-state index is 0.00655. The highest BCUT2D eigenvalue weighted by Gasteiger charge is 2.28. The van der Waals surface area contributed by atoms with Crippen LogP contribution in [0.3, 0.4) is 0 Å². The van der Waals surface area contributed by atoms with Crippen LogP contribution in [0, 0.1) is 6.92 Å². The minimum atomic E-state index is -0.265. The third kappa shape index (κ3) is 2.88. The zero-order valence-electron chi connectivity index (χ0n) is 10.5. The molecule has 4 heteroatoms. The second-order valence-electron chi connectivity index (χ2n) is 4.53. The lowest BCUT2D eigenvalue weighted by molar-refractivity contribution is -0.136. The molecule has 96 valence electrons. The van der Waals surface area contributed by atoms with Crippen molar-refractivity contribution < 1.29 is 14.3 Å². The third-order valence-corrected chi connectivity index (χ3v) is 3.16. The van der Waals surface area contributed by atoms with E-state index in [-0.39, 0.29) is 18.6 Å². The van der Waals surface area contributed by atoms with Crippen LogP contribution >= 0.6 is 0 Å². The predicted octanol–water partition coefficient (Wildman–Crippen LogP) is 1.56. The first-order chi connectivity index (χ1) is 8.70. The molecular weight excluding hydrogens is 230 g/mol. The van der Waals surface area contributed by atoms with Crippen LogP contribution in [0.15, 0.2) is 24.3 Å². The molecule has 1 aliphatic rings. The van der Waals surface area contributed by atoms with Gasteiger partial charge in [0.1, 0.15) is 12.0 Å². The molecule has 1 amide bonds. The Balaban J connectivity index is 1.88. The molecule has 1 fully saturated rings. The molecule has 0 aromatic heterocycles. The maximum absolute atomic E-state index is 11.9. The van der Waals surface area contributed by atoms with Gasteiger partial charge < -0.3 is 14.4 Å². The number of carbonyl (C=O) groups excluding carboxylic acids is 2. The summed E-state index contributed by atoms with van der Waals surface area (Å²) in [6.45, 7) is 2.64. The highest BCUT2D eigenvalue weighted by Crippen LogP contribution is 2.16. The van der Waals surface area contributed by atoms with Gasteiger partial charge in [-0.2, -0.15) is 0 Å². The zero-order chi connectivity index (χ0) is 13.0. The lowest BCUT2D eigenvalue weighted by Gasteiger charge is -2.20. The van der Waals surface area contributed by atoms with Crippen LogP contribution in [0.25, 0.3) is 0 Å². The van der Waals surface area contributed by atoms with Crippen molar-refractivity contribution in [2.45, 2.75) is 25.8 Å². The van der Waals surface area contributed by atoms with E-state index in [0.717, 1.165) is 24.7 Å². The van der Waals surface area contributed by atoms with Crippen molar-refractivity contribution in [2.24, 2.45) is 0 Å². The summed E-state index contributed by atoms with van der Waals surface area (Å²) in [6.07, 6.45) is 2.50. The second kappa shape index (κ2) is 5.67. The molecule has 1 unspecified atom stereocenters. The summed E-state index contributed by atoms with van der Waals surface area (Å²) in [5.41, 5.74) is 1.15. The summed E-state index contributed by atoms with van der Waals surface area (Å²) in [5.74, 6) is 0.556. The Hall–Kier alpha value is -1.84. The lowest BCUT2D eigenvalue weighted by atomic mass is 10.2. The van der Waals surface area contributed by atoms with Gasteiger partial charge in [0, 0.05) is 6.54 Å². The van der Waals surface area contributed by atoms with Crippen molar-refractivity contribution in [3.63, 3.8) is 0 Å². The highest BCUT2D eigenvalue weighted by molar-refractivity contribution is 5.81.